The van der Waals surface area contributed by atoms with E-state index >= 15 is 0 Å². The number of carbonyl (C=O) groups is 2. The van der Waals surface area contributed by atoms with E-state index in [2.05, 4.69) is 17.4 Å². The van der Waals surface area contributed by atoms with Crippen LogP contribution in [0, 0.1) is 11.8 Å². The van der Waals surface area contributed by atoms with Crippen molar-refractivity contribution in [1.82, 2.24) is 15.1 Å². The third-order valence-electron chi connectivity index (χ3n) is 5.86. The summed E-state index contributed by atoms with van der Waals surface area (Å²) in [5.74, 6) is 0.383. The van der Waals surface area contributed by atoms with Crippen LogP contribution >= 0.6 is 0 Å². The van der Waals surface area contributed by atoms with Gasteiger partial charge in [0.25, 0.3) is 0 Å². The Morgan fingerprint density at radius 3 is 2.37 bits per heavy atom. The maximum absolute atomic E-state index is 12.8. The lowest BCUT2D eigenvalue weighted by Crippen LogP contribution is -2.51. The van der Waals surface area contributed by atoms with Crippen LogP contribution in [0.15, 0.2) is 30.3 Å². The van der Waals surface area contributed by atoms with Gasteiger partial charge in [0, 0.05) is 39.1 Å². The molecule has 1 aromatic carbocycles. The third-order valence-corrected chi connectivity index (χ3v) is 5.86. The summed E-state index contributed by atoms with van der Waals surface area (Å²) in [4.78, 5) is 28.3. The molecule has 3 rings (SSSR count). The minimum Gasteiger partial charge on any atom is -0.393 e. The van der Waals surface area contributed by atoms with E-state index in [4.69, 9.17) is 0 Å². The number of benzene rings is 1. The van der Waals surface area contributed by atoms with Gasteiger partial charge in [-0.2, -0.15) is 0 Å². The van der Waals surface area contributed by atoms with Crippen LogP contribution in [0.25, 0.3) is 0 Å². The fraction of sp³-hybridized carbons (Fsp3) is 0.619. The Balaban J connectivity index is 1.56. The van der Waals surface area contributed by atoms with Gasteiger partial charge in [-0.1, -0.05) is 30.3 Å². The number of carbonyl (C=O) groups excluding carboxylic acids is 2. The predicted molar refractivity (Wildman–Crippen MR) is 104 cm³/mol. The molecular formula is C21H31N3O3. The van der Waals surface area contributed by atoms with Gasteiger partial charge in [0.2, 0.25) is 5.91 Å². The lowest BCUT2D eigenvalue weighted by molar-refractivity contribution is -0.128. The lowest BCUT2D eigenvalue weighted by Gasteiger charge is -2.39. The van der Waals surface area contributed by atoms with E-state index in [9.17, 15) is 14.7 Å². The summed E-state index contributed by atoms with van der Waals surface area (Å²) in [5.41, 5.74) is 1.20. The van der Waals surface area contributed by atoms with E-state index < -0.39 is 0 Å². The number of nitrogens with one attached hydrogen (secondary N) is 1. The standard InChI is InChI=1S/C21H31N3O3/c1-23(2)21(27)24-10-8-16(9-11-24)20(26)22-19(17-13-18(25)14-17)12-15-6-4-3-5-7-15/h3-7,16-19,25H,8-14H2,1-2H3,(H,22,26)/t17?,18?,19-/m1/s1. The van der Waals surface area contributed by atoms with Crippen LogP contribution in [0.3, 0.4) is 0 Å². The highest BCUT2D eigenvalue weighted by Gasteiger charge is 2.36. The Labute approximate surface area is 161 Å². The summed E-state index contributed by atoms with van der Waals surface area (Å²) in [6, 6.07) is 10.3. The van der Waals surface area contributed by atoms with E-state index in [0.29, 0.717) is 31.8 Å². The Hall–Kier alpha value is -2.08. The molecule has 6 nitrogen and oxygen atoms in total. The number of hydrogen-bond acceptors (Lipinski definition) is 3. The number of nitrogens with zero attached hydrogens (tertiary/aromatic N) is 2. The SMILES string of the molecule is CN(C)C(=O)N1CCC(C(=O)N[C@H](Cc2ccccc2)C2CC(O)C2)CC1. The van der Waals surface area contributed by atoms with Crippen molar-refractivity contribution < 1.29 is 14.7 Å². The van der Waals surface area contributed by atoms with Crippen molar-refractivity contribution in [3.8, 4) is 0 Å². The average Bonchev–Trinajstić information content (AvgIpc) is 2.65. The summed E-state index contributed by atoms with van der Waals surface area (Å²) < 4.78 is 0. The van der Waals surface area contributed by atoms with Crippen molar-refractivity contribution in [3.05, 3.63) is 35.9 Å². The largest absolute Gasteiger partial charge is 0.393 e. The molecule has 3 amide bonds. The molecular weight excluding hydrogens is 342 g/mol. The van der Waals surface area contributed by atoms with Crippen LogP contribution < -0.4 is 5.32 Å². The molecule has 0 radical (unpaired) electrons. The van der Waals surface area contributed by atoms with Crippen LogP contribution in [-0.4, -0.2) is 66.2 Å². The molecule has 0 aromatic heterocycles. The number of hydrogen-bond donors (Lipinski definition) is 2. The zero-order valence-corrected chi connectivity index (χ0v) is 16.3. The first-order valence-electron chi connectivity index (χ1n) is 9.92. The van der Waals surface area contributed by atoms with E-state index in [1.807, 2.05) is 23.1 Å². The van der Waals surface area contributed by atoms with Crippen LogP contribution in [0.5, 0.6) is 0 Å². The van der Waals surface area contributed by atoms with E-state index in [0.717, 1.165) is 19.3 Å². The van der Waals surface area contributed by atoms with E-state index in [1.54, 1.807) is 19.0 Å². The number of likely N-dealkylation sites (tertiary alicyclic amines) is 1. The molecule has 148 valence electrons. The van der Waals surface area contributed by atoms with E-state index in [-0.39, 0.29) is 30.0 Å². The van der Waals surface area contributed by atoms with Gasteiger partial charge >= 0.3 is 6.03 Å². The molecule has 27 heavy (non-hydrogen) atoms. The Morgan fingerprint density at radius 1 is 1.19 bits per heavy atom. The second-order valence-electron chi connectivity index (χ2n) is 8.13. The molecule has 1 heterocycles. The zero-order chi connectivity index (χ0) is 19.4. The summed E-state index contributed by atoms with van der Waals surface area (Å²) in [6.07, 6.45) is 3.49. The molecule has 0 unspecified atom stereocenters. The fourth-order valence-corrected chi connectivity index (χ4v) is 4.08. The average molecular weight is 373 g/mol. The molecule has 2 aliphatic rings. The molecule has 0 spiro atoms. The molecule has 1 saturated carbocycles. The number of aliphatic hydroxyl groups is 1. The van der Waals surface area contributed by atoms with Crippen LogP contribution in [0.4, 0.5) is 4.79 Å². The number of urea groups is 1. The highest BCUT2D eigenvalue weighted by molar-refractivity contribution is 5.80. The molecule has 1 aliphatic carbocycles. The van der Waals surface area contributed by atoms with Gasteiger partial charge in [0.15, 0.2) is 0 Å². The van der Waals surface area contributed by atoms with Crippen molar-refractivity contribution in [1.29, 1.82) is 0 Å². The summed E-state index contributed by atoms with van der Waals surface area (Å²) in [7, 11) is 3.50. The lowest BCUT2D eigenvalue weighted by atomic mass is 9.75. The molecule has 0 bridgehead atoms. The smallest absolute Gasteiger partial charge is 0.319 e. The van der Waals surface area contributed by atoms with Crippen molar-refractivity contribution >= 4 is 11.9 Å². The van der Waals surface area contributed by atoms with Gasteiger partial charge in [0.05, 0.1) is 6.10 Å². The first-order valence-corrected chi connectivity index (χ1v) is 9.92. The van der Waals surface area contributed by atoms with Crippen LogP contribution in [0.1, 0.15) is 31.2 Å². The van der Waals surface area contributed by atoms with Gasteiger partial charge in [-0.25, -0.2) is 4.79 Å². The predicted octanol–water partition coefficient (Wildman–Crippen LogP) is 1.88. The fourth-order valence-electron chi connectivity index (χ4n) is 4.08. The first-order chi connectivity index (χ1) is 12.9. The van der Waals surface area contributed by atoms with Crippen molar-refractivity contribution in [2.24, 2.45) is 11.8 Å². The molecule has 6 heteroatoms. The number of aliphatic hydroxyl groups excluding tert-OH is 1. The van der Waals surface area contributed by atoms with Gasteiger partial charge in [-0.15, -0.1) is 0 Å². The van der Waals surface area contributed by atoms with Crippen molar-refractivity contribution in [2.75, 3.05) is 27.2 Å². The number of amides is 3. The number of piperidine rings is 1. The zero-order valence-electron chi connectivity index (χ0n) is 16.3. The highest BCUT2D eigenvalue weighted by Crippen LogP contribution is 2.32. The Morgan fingerprint density at radius 2 is 1.81 bits per heavy atom. The highest BCUT2D eigenvalue weighted by atomic mass is 16.3. The van der Waals surface area contributed by atoms with Crippen molar-refractivity contribution in [3.63, 3.8) is 0 Å². The second kappa shape index (κ2) is 8.74. The van der Waals surface area contributed by atoms with E-state index in [1.165, 1.54) is 5.56 Å². The summed E-state index contributed by atoms with van der Waals surface area (Å²) >= 11 is 0. The molecule has 1 saturated heterocycles. The maximum atomic E-state index is 12.8. The molecule has 2 N–H and O–H groups in total. The minimum atomic E-state index is -0.231. The van der Waals surface area contributed by atoms with Crippen LogP contribution in [0.2, 0.25) is 0 Å². The van der Waals surface area contributed by atoms with Crippen molar-refractivity contribution in [2.45, 2.75) is 44.2 Å². The third kappa shape index (κ3) is 5.01. The van der Waals surface area contributed by atoms with Gasteiger partial charge in [-0.3, -0.25) is 4.79 Å². The molecule has 1 aromatic rings. The van der Waals surface area contributed by atoms with Gasteiger partial charge < -0.3 is 20.2 Å². The Bertz CT molecular complexity index is 635. The van der Waals surface area contributed by atoms with Gasteiger partial charge in [-0.05, 0) is 43.6 Å². The quantitative estimate of drug-likeness (QED) is 0.828. The van der Waals surface area contributed by atoms with Gasteiger partial charge in [0.1, 0.15) is 0 Å². The minimum absolute atomic E-state index is 0.0132. The first kappa shape index (κ1) is 19.7. The summed E-state index contributed by atoms with van der Waals surface area (Å²) in [5, 5.41) is 12.9. The molecule has 1 aliphatic heterocycles. The number of rotatable bonds is 5. The van der Waals surface area contributed by atoms with Crippen LogP contribution in [-0.2, 0) is 11.2 Å². The monoisotopic (exact) mass is 373 g/mol. The molecule has 2 fully saturated rings. The normalized spacial score (nSPS) is 24.0. The topological polar surface area (TPSA) is 72.9 Å². The molecule has 1 atom stereocenters. The second-order valence-corrected chi connectivity index (χ2v) is 8.13. The maximum Gasteiger partial charge on any atom is 0.319 e. The Kier molecular flexibility index (Phi) is 6.37. The summed E-state index contributed by atoms with van der Waals surface area (Å²) in [6.45, 7) is 1.25.